The topological polar surface area (TPSA) is 61.8 Å². The van der Waals surface area contributed by atoms with Crippen LogP contribution in [0.25, 0.3) is 0 Å². The van der Waals surface area contributed by atoms with Crippen LogP contribution in [0.2, 0.25) is 36.3 Å². The van der Waals surface area contributed by atoms with E-state index in [4.69, 9.17) is 13.6 Å². The average Bonchev–Trinajstić information content (AvgIpc) is 3.70. The van der Waals surface area contributed by atoms with Gasteiger partial charge in [0.25, 0.3) is 0 Å². The number of fused-ring (bicyclic) bond motifs is 1. The van der Waals surface area contributed by atoms with E-state index in [0.29, 0.717) is 24.0 Å². The van der Waals surface area contributed by atoms with Crippen molar-refractivity contribution in [3.8, 4) is 0 Å². The van der Waals surface area contributed by atoms with Crippen molar-refractivity contribution in [3.63, 3.8) is 0 Å². The van der Waals surface area contributed by atoms with Gasteiger partial charge < -0.3 is 13.6 Å². The molecule has 5 nitrogen and oxygen atoms in total. The minimum absolute atomic E-state index is 0.0270. The van der Waals surface area contributed by atoms with Crippen LogP contribution in [0.1, 0.15) is 140 Å². The van der Waals surface area contributed by atoms with Gasteiger partial charge in [-0.1, -0.05) is 86.6 Å². The van der Waals surface area contributed by atoms with Gasteiger partial charge in [0.05, 0.1) is 12.2 Å². The van der Waals surface area contributed by atoms with Crippen molar-refractivity contribution >= 4 is 28.4 Å². The maximum absolute atomic E-state index is 13.4. The molecule has 284 valence electrons. The van der Waals surface area contributed by atoms with Gasteiger partial charge in [0.2, 0.25) is 0 Å². The quantitative estimate of drug-likeness (QED) is 0.148. The van der Waals surface area contributed by atoms with Crippen molar-refractivity contribution in [2.24, 2.45) is 28.6 Å². The molecule has 0 amide bonds. The highest BCUT2D eigenvalue weighted by molar-refractivity contribution is 6.74. The van der Waals surface area contributed by atoms with Gasteiger partial charge in [-0.2, -0.15) is 0 Å². The maximum atomic E-state index is 13.4. The summed E-state index contributed by atoms with van der Waals surface area (Å²) >= 11 is 0. The Morgan fingerprint density at radius 1 is 0.960 bits per heavy atom. The first kappa shape index (κ1) is 41.5. The molecule has 0 aromatic carbocycles. The lowest BCUT2D eigenvalue weighted by Crippen LogP contribution is -2.49. The molecule has 0 bridgehead atoms. The minimum Gasteiger partial charge on any atom is -0.462 e. The van der Waals surface area contributed by atoms with Crippen LogP contribution in [-0.4, -0.2) is 46.7 Å². The molecule has 0 aromatic heterocycles. The number of Topliss-reactive ketones (excluding diaryl/α,β-unsaturated/α-hetero) is 1. The van der Waals surface area contributed by atoms with E-state index in [0.717, 1.165) is 63.4 Å². The standard InChI is InChI=1S/C43H74O5Si2/c1-16-43(24-25-43)39(45)28-37(46-31(4)44)30(3)35-21-22-36-32(18-17-23-42(35,36)11)19-20-33-26-34(47-49(12,13)40(5,6)7)27-38(29(33)2)48-50(14,15)41(8,9)10/h19-20,30,34-38H,2,16-18,21-28H2,1,3-15H3/t30-,34?,35+,36-,37?,38?,42+/m0/s1. The number of hydrogen-bond acceptors (Lipinski definition) is 5. The smallest absolute Gasteiger partial charge is 0.302 e. The molecule has 7 heteroatoms. The Bertz CT molecular complexity index is 1340. The molecule has 0 N–H and O–H groups in total. The van der Waals surface area contributed by atoms with Gasteiger partial charge in [-0.15, -0.1) is 0 Å². The molecule has 0 radical (unpaired) electrons. The summed E-state index contributed by atoms with van der Waals surface area (Å²) in [5.74, 6) is 1.07. The first-order valence-corrected chi connectivity index (χ1v) is 25.8. The molecule has 0 spiro atoms. The van der Waals surface area contributed by atoms with E-state index >= 15 is 0 Å². The van der Waals surface area contributed by atoms with Crippen molar-refractivity contribution < 1.29 is 23.2 Å². The third kappa shape index (κ3) is 8.74. The largest absolute Gasteiger partial charge is 0.462 e. The number of carbonyl (C=O) groups excluding carboxylic acids is 2. The lowest BCUT2D eigenvalue weighted by atomic mass is 9.60. The van der Waals surface area contributed by atoms with Gasteiger partial charge in [0, 0.05) is 25.2 Å². The highest BCUT2D eigenvalue weighted by Gasteiger charge is 2.54. The van der Waals surface area contributed by atoms with E-state index in [1.54, 1.807) is 5.57 Å². The summed E-state index contributed by atoms with van der Waals surface area (Å²) in [6, 6.07) is 0. The van der Waals surface area contributed by atoms with E-state index in [-0.39, 0.29) is 51.1 Å². The van der Waals surface area contributed by atoms with Crippen molar-refractivity contribution in [3.05, 3.63) is 35.5 Å². The fourth-order valence-corrected chi connectivity index (χ4v) is 11.8. The summed E-state index contributed by atoms with van der Waals surface area (Å²) in [4.78, 5) is 25.7. The number of esters is 1. The van der Waals surface area contributed by atoms with E-state index in [1.165, 1.54) is 18.9 Å². The summed E-state index contributed by atoms with van der Waals surface area (Å²) in [5, 5.41) is 0.259. The molecule has 3 unspecified atom stereocenters. The molecule has 0 aromatic rings. The van der Waals surface area contributed by atoms with E-state index < -0.39 is 16.6 Å². The molecule has 4 fully saturated rings. The number of allylic oxidation sites excluding steroid dienone is 3. The van der Waals surface area contributed by atoms with Crippen LogP contribution in [-0.2, 0) is 23.2 Å². The third-order valence-corrected chi connectivity index (χ3v) is 23.8. The van der Waals surface area contributed by atoms with Crippen molar-refractivity contribution in [1.82, 2.24) is 0 Å². The van der Waals surface area contributed by atoms with E-state index in [1.807, 2.05) is 0 Å². The van der Waals surface area contributed by atoms with E-state index in [2.05, 4.69) is 107 Å². The monoisotopic (exact) mass is 727 g/mol. The molecule has 4 aliphatic carbocycles. The Labute approximate surface area is 309 Å². The second kappa shape index (κ2) is 14.9. The Kier molecular flexibility index (Phi) is 12.3. The average molecular weight is 727 g/mol. The van der Waals surface area contributed by atoms with Crippen LogP contribution >= 0.6 is 0 Å². The molecule has 4 aliphatic rings. The van der Waals surface area contributed by atoms with Gasteiger partial charge >= 0.3 is 5.97 Å². The normalized spacial score (nSPS) is 31.8. The molecular formula is C43H74O5Si2. The van der Waals surface area contributed by atoms with Crippen molar-refractivity contribution in [2.45, 2.75) is 194 Å². The summed E-state index contributed by atoms with van der Waals surface area (Å²) in [6.07, 6.45) is 15.3. The molecule has 0 aliphatic heterocycles. The van der Waals surface area contributed by atoms with Crippen LogP contribution in [0.3, 0.4) is 0 Å². The maximum Gasteiger partial charge on any atom is 0.302 e. The number of carbonyl (C=O) groups is 2. The first-order valence-electron chi connectivity index (χ1n) is 20.0. The second-order valence-corrected chi connectivity index (χ2v) is 29.6. The van der Waals surface area contributed by atoms with E-state index in [9.17, 15) is 9.59 Å². The van der Waals surface area contributed by atoms with Gasteiger partial charge in [-0.3, -0.25) is 9.59 Å². The fraction of sp³-hybridized carbons (Fsp3) is 0.814. The lowest BCUT2D eigenvalue weighted by Gasteiger charge is -2.46. The zero-order valence-electron chi connectivity index (χ0n) is 34.6. The highest BCUT2D eigenvalue weighted by Crippen LogP contribution is 2.60. The number of hydrogen-bond donors (Lipinski definition) is 0. The number of rotatable bonds is 12. The summed E-state index contributed by atoms with van der Waals surface area (Å²) < 4.78 is 20.2. The predicted molar refractivity (Wildman–Crippen MR) is 213 cm³/mol. The lowest BCUT2D eigenvalue weighted by molar-refractivity contribution is -0.153. The Balaban J connectivity index is 1.60. The molecular weight excluding hydrogens is 653 g/mol. The predicted octanol–water partition coefficient (Wildman–Crippen LogP) is 11.9. The zero-order valence-corrected chi connectivity index (χ0v) is 36.6. The van der Waals surface area contributed by atoms with Crippen molar-refractivity contribution in [2.75, 3.05) is 0 Å². The van der Waals surface area contributed by atoms with Gasteiger partial charge in [-0.05, 0) is 128 Å². The van der Waals surface area contributed by atoms with Crippen LogP contribution in [0.5, 0.6) is 0 Å². The van der Waals surface area contributed by atoms with Gasteiger partial charge in [0.15, 0.2) is 16.6 Å². The third-order valence-electron chi connectivity index (χ3n) is 14.8. The first-order chi connectivity index (χ1) is 22.9. The summed E-state index contributed by atoms with van der Waals surface area (Å²) in [6.45, 7) is 36.4. The zero-order chi connectivity index (χ0) is 37.7. The Morgan fingerprint density at radius 3 is 2.10 bits per heavy atom. The molecule has 4 rings (SSSR count). The molecule has 0 saturated heterocycles. The SMILES string of the molecule is C=C1C(=CC=C2CCC[C@]3(C)[C@@H]([C@H](C)C(CC(=O)C4(CC)CC4)OC(C)=O)CC[C@@H]23)CC(O[Si](C)(C)C(C)(C)C)CC1O[Si](C)(C)C(C)(C)C. The van der Waals surface area contributed by atoms with Crippen LogP contribution < -0.4 is 0 Å². The Hall–Kier alpha value is -1.29. The number of ketones is 1. The molecule has 0 heterocycles. The second-order valence-electron chi connectivity index (χ2n) is 20.1. The van der Waals surface area contributed by atoms with Crippen LogP contribution in [0.4, 0.5) is 0 Å². The molecule has 50 heavy (non-hydrogen) atoms. The van der Waals surface area contributed by atoms with Gasteiger partial charge in [0.1, 0.15) is 11.9 Å². The van der Waals surface area contributed by atoms with Gasteiger partial charge in [-0.25, -0.2) is 0 Å². The number of ether oxygens (including phenoxy) is 1. The Morgan fingerprint density at radius 2 is 1.56 bits per heavy atom. The highest BCUT2D eigenvalue weighted by atomic mass is 28.4. The summed E-state index contributed by atoms with van der Waals surface area (Å²) in [5.41, 5.74) is 3.92. The van der Waals surface area contributed by atoms with Crippen LogP contribution in [0, 0.1) is 28.6 Å². The summed E-state index contributed by atoms with van der Waals surface area (Å²) in [7, 11) is -4.01. The molecule has 4 saturated carbocycles. The van der Waals surface area contributed by atoms with Crippen molar-refractivity contribution in [1.29, 1.82) is 0 Å². The molecule has 7 atom stereocenters. The van der Waals surface area contributed by atoms with Crippen LogP contribution in [0.15, 0.2) is 35.5 Å². The fourth-order valence-electron chi connectivity index (χ4n) is 9.10. The minimum atomic E-state index is -2.03.